The molecule has 0 heterocycles. The van der Waals surface area contributed by atoms with Crippen LogP contribution in [0.4, 0.5) is 0 Å². The van der Waals surface area contributed by atoms with Crippen molar-refractivity contribution < 1.29 is 39.0 Å². The highest BCUT2D eigenvalue weighted by atomic mass is 16.4. The predicted octanol–water partition coefficient (Wildman–Crippen LogP) is -5.46. The molecule has 0 aromatic heterocycles. The van der Waals surface area contributed by atoms with Crippen molar-refractivity contribution in [3.05, 3.63) is 0 Å². The number of amides is 5. The summed E-state index contributed by atoms with van der Waals surface area (Å²) in [6.45, 7) is 5.53. The van der Waals surface area contributed by atoms with Gasteiger partial charge in [0.25, 0.3) is 0 Å². The van der Waals surface area contributed by atoms with E-state index in [0.29, 0.717) is 25.8 Å². The molecule has 0 radical (unpaired) electrons. The number of rotatable bonds is 30. The van der Waals surface area contributed by atoms with Crippen molar-refractivity contribution in [2.45, 2.75) is 127 Å². The quantitative estimate of drug-likeness (QED) is 0.0182. The number of carboxylic acids is 1. The van der Waals surface area contributed by atoms with Crippen LogP contribution in [-0.4, -0.2) is 132 Å². The molecule has 0 aliphatic rings. The first kappa shape index (κ1) is 52.5. The average molecular weight is 829 g/mol. The molecule has 0 aliphatic carbocycles. The summed E-state index contributed by atoms with van der Waals surface area (Å²) in [5, 5.41) is 33.0. The Kier molecular flexibility index (Phi) is 26.1. The van der Waals surface area contributed by atoms with Crippen molar-refractivity contribution in [2.24, 2.45) is 66.8 Å². The van der Waals surface area contributed by atoms with Crippen molar-refractivity contribution in [3.63, 3.8) is 0 Å². The van der Waals surface area contributed by atoms with Crippen LogP contribution in [0.1, 0.15) is 85.0 Å². The maximum Gasteiger partial charge on any atom is 0.326 e. The maximum atomic E-state index is 13.8. The van der Waals surface area contributed by atoms with Gasteiger partial charge in [0.2, 0.25) is 29.5 Å². The minimum Gasteiger partial charge on any atom is -0.480 e. The van der Waals surface area contributed by atoms with E-state index in [1.165, 1.54) is 6.92 Å². The molecule has 24 nitrogen and oxygen atoms in total. The number of hydrogen-bond acceptors (Lipinski definition) is 12. The number of nitrogens with zero attached hydrogens (tertiary/aromatic N) is 3. The maximum absolute atomic E-state index is 13.8. The smallest absolute Gasteiger partial charge is 0.326 e. The van der Waals surface area contributed by atoms with Crippen LogP contribution in [0, 0.1) is 5.92 Å². The van der Waals surface area contributed by atoms with E-state index in [1.54, 1.807) is 13.8 Å². The number of hydrogen-bond donors (Lipinski definition) is 15. The molecule has 0 aromatic rings. The first-order valence-electron chi connectivity index (χ1n) is 19.2. The first-order valence-corrected chi connectivity index (χ1v) is 19.2. The van der Waals surface area contributed by atoms with E-state index >= 15 is 0 Å². The fourth-order valence-electron chi connectivity index (χ4n) is 5.39. The van der Waals surface area contributed by atoms with Gasteiger partial charge in [-0.15, -0.1) is 0 Å². The lowest BCUT2D eigenvalue weighted by atomic mass is 10.0. The topological polar surface area (TPSA) is 448 Å². The van der Waals surface area contributed by atoms with E-state index < -0.39 is 77.9 Å². The van der Waals surface area contributed by atoms with Crippen molar-refractivity contribution >= 4 is 53.4 Å². The number of guanidine groups is 3. The van der Waals surface area contributed by atoms with Crippen LogP contribution in [0.5, 0.6) is 0 Å². The van der Waals surface area contributed by atoms with E-state index in [1.807, 2.05) is 0 Å². The molecule has 332 valence electrons. The summed E-state index contributed by atoms with van der Waals surface area (Å²) in [6.07, 6.45) is 0.709. The van der Waals surface area contributed by atoms with Crippen LogP contribution in [0.25, 0.3) is 0 Å². The van der Waals surface area contributed by atoms with Gasteiger partial charge in [0.15, 0.2) is 17.9 Å². The van der Waals surface area contributed by atoms with Crippen LogP contribution in [-0.2, 0) is 28.8 Å². The number of unbranched alkanes of at least 4 members (excludes halogenated alkanes) is 1. The highest BCUT2D eigenvalue weighted by Gasteiger charge is 2.34. The van der Waals surface area contributed by atoms with E-state index in [4.69, 9.17) is 45.9 Å². The zero-order valence-electron chi connectivity index (χ0n) is 33.8. The van der Waals surface area contributed by atoms with Crippen LogP contribution >= 0.6 is 0 Å². The zero-order valence-corrected chi connectivity index (χ0v) is 33.8. The Bertz CT molecular complexity index is 1400. The molecule has 0 spiro atoms. The van der Waals surface area contributed by atoms with Crippen molar-refractivity contribution in [2.75, 3.05) is 26.2 Å². The number of carbonyl (C=O) groups is 6. The molecule has 0 fully saturated rings. The summed E-state index contributed by atoms with van der Waals surface area (Å²) in [7, 11) is 0. The number of carbonyl (C=O) groups excluding carboxylic acids is 5. The zero-order chi connectivity index (χ0) is 44.4. The Balaban J connectivity index is 6.25. The Labute approximate surface area is 338 Å². The van der Waals surface area contributed by atoms with Gasteiger partial charge in [-0.25, -0.2) is 4.79 Å². The largest absolute Gasteiger partial charge is 0.480 e. The molecule has 24 heteroatoms. The second-order valence-electron chi connectivity index (χ2n) is 14.2. The lowest BCUT2D eigenvalue weighted by Crippen LogP contribution is -2.61. The highest BCUT2D eigenvalue weighted by molar-refractivity contribution is 5.96. The third-order valence-corrected chi connectivity index (χ3v) is 8.43. The van der Waals surface area contributed by atoms with Gasteiger partial charge < -0.3 is 82.7 Å². The van der Waals surface area contributed by atoms with Gasteiger partial charge in [-0.2, -0.15) is 0 Å². The summed E-state index contributed by atoms with van der Waals surface area (Å²) in [5.41, 5.74) is 43.8. The third-order valence-electron chi connectivity index (χ3n) is 8.43. The van der Waals surface area contributed by atoms with E-state index in [0.717, 1.165) is 0 Å². The number of carboxylic acid groups (broad SMARTS) is 1. The van der Waals surface area contributed by atoms with Gasteiger partial charge in [-0.05, 0) is 77.2 Å². The molecule has 0 bridgehead atoms. The van der Waals surface area contributed by atoms with Gasteiger partial charge in [-0.3, -0.25) is 38.9 Å². The Morgan fingerprint density at radius 3 is 1.34 bits per heavy atom. The van der Waals surface area contributed by atoms with E-state index in [-0.39, 0.29) is 88.4 Å². The van der Waals surface area contributed by atoms with Crippen molar-refractivity contribution in [1.29, 1.82) is 0 Å². The van der Waals surface area contributed by atoms with E-state index in [2.05, 4.69) is 41.6 Å². The molecular formula is C34H68N16O8. The average Bonchev–Trinajstić information content (AvgIpc) is 3.12. The molecular weight excluding hydrogens is 760 g/mol. The molecule has 23 N–H and O–H groups in total. The lowest BCUT2D eigenvalue weighted by Gasteiger charge is -2.28. The minimum atomic E-state index is -1.61. The molecule has 0 unspecified atom stereocenters. The normalized spacial score (nSPS) is 14.5. The second kappa shape index (κ2) is 28.8. The lowest BCUT2D eigenvalue weighted by molar-refractivity contribution is -0.142. The number of aliphatic hydroxyl groups is 1. The summed E-state index contributed by atoms with van der Waals surface area (Å²) in [6, 6.07) is -7.73. The second-order valence-corrected chi connectivity index (χ2v) is 14.2. The molecule has 0 saturated heterocycles. The fraction of sp³-hybridized carbons (Fsp3) is 0.735. The summed E-state index contributed by atoms with van der Waals surface area (Å²) < 4.78 is 0. The number of aliphatic hydroxyl groups excluding tert-OH is 1. The van der Waals surface area contributed by atoms with Gasteiger partial charge in [0, 0.05) is 19.6 Å². The van der Waals surface area contributed by atoms with Gasteiger partial charge in [0.05, 0.1) is 12.1 Å². The van der Waals surface area contributed by atoms with Gasteiger partial charge in [-0.1, -0.05) is 20.3 Å². The van der Waals surface area contributed by atoms with Gasteiger partial charge in [0.1, 0.15) is 30.2 Å². The van der Waals surface area contributed by atoms with Crippen LogP contribution in [0.15, 0.2) is 15.0 Å². The predicted molar refractivity (Wildman–Crippen MR) is 219 cm³/mol. The number of aliphatic imine (C=N–C) groups is 3. The van der Waals surface area contributed by atoms with Crippen LogP contribution in [0.2, 0.25) is 0 Å². The van der Waals surface area contributed by atoms with E-state index in [9.17, 15) is 39.0 Å². The summed E-state index contributed by atoms with van der Waals surface area (Å²) >= 11 is 0. The number of nitrogens with one attached hydrogen (secondary N) is 5. The minimum absolute atomic E-state index is 0.0298. The Hall–Kier alpha value is -5.49. The first-order chi connectivity index (χ1) is 27.2. The van der Waals surface area contributed by atoms with Crippen LogP contribution < -0.4 is 72.5 Å². The summed E-state index contributed by atoms with van der Waals surface area (Å²) in [5.74, 6) is -6.11. The van der Waals surface area contributed by atoms with Crippen molar-refractivity contribution in [3.8, 4) is 0 Å². The number of aliphatic carboxylic acids is 1. The molecule has 0 saturated carbocycles. The molecule has 0 aromatic carbocycles. The van der Waals surface area contributed by atoms with Crippen molar-refractivity contribution in [1.82, 2.24) is 26.6 Å². The monoisotopic (exact) mass is 829 g/mol. The SMILES string of the molecule is CC(C)C[C@@H](NC(=O)[C@@H](NC(=O)[C@@H](CCCN=C(N)N)NC(=O)[C@H](N)CCCCN)[C@@H](C)O)C(=O)N[C@H](CCCN=C(N)N)C(=O)N[C@H](CCCN=C(N)N)C(=O)O. The Morgan fingerprint density at radius 1 is 0.534 bits per heavy atom. The Morgan fingerprint density at radius 2 is 0.931 bits per heavy atom. The fourth-order valence-corrected chi connectivity index (χ4v) is 5.39. The molecule has 7 atom stereocenters. The van der Waals surface area contributed by atoms with Crippen LogP contribution in [0.3, 0.4) is 0 Å². The number of nitrogens with two attached hydrogens (primary N) is 8. The third kappa shape index (κ3) is 23.5. The molecule has 0 aliphatic heterocycles. The summed E-state index contributed by atoms with van der Waals surface area (Å²) in [4.78, 5) is 91.0. The molecule has 5 amide bonds. The molecule has 0 rings (SSSR count). The molecule has 58 heavy (non-hydrogen) atoms. The van der Waals surface area contributed by atoms with Gasteiger partial charge >= 0.3 is 5.97 Å². The standard InChI is InChI=1S/C34H68N16O8/c1-18(2)17-24(29(55)47-21(10-6-14-43-32(37)38)27(53)48-23(31(57)58)12-8-16-45-34(41)42)49-30(56)25(19(3)51)50-28(54)22(11-7-15-44-33(39)40)46-26(52)20(36)9-4-5-13-35/h18-25,51H,4-17,35-36H2,1-3H3,(H,46,52)(H,47,55)(H,48,53)(H,49,56)(H,50,54)(H,57,58)(H4,37,38,43)(H4,39,40,44)(H4,41,42,45)/t19-,20-,21-,22-,23-,24-,25+/m1/s1. The highest BCUT2D eigenvalue weighted by Crippen LogP contribution is 2.10.